The van der Waals surface area contributed by atoms with E-state index in [1.807, 2.05) is 18.4 Å². The van der Waals surface area contributed by atoms with Crippen LogP contribution in [0.15, 0.2) is 23.6 Å². The highest BCUT2D eigenvalue weighted by molar-refractivity contribution is 7.09. The first kappa shape index (κ1) is 12.8. The molecule has 5 heteroatoms. The van der Waals surface area contributed by atoms with Crippen LogP contribution in [-0.4, -0.2) is 4.98 Å². The summed E-state index contributed by atoms with van der Waals surface area (Å²) in [7, 11) is 0. The van der Waals surface area contributed by atoms with Crippen molar-refractivity contribution in [2.75, 3.05) is 0 Å². The minimum absolute atomic E-state index is 0.178. The monoisotopic (exact) mass is 286 g/mol. The average Bonchev–Trinajstić information content (AvgIpc) is 2.67. The van der Waals surface area contributed by atoms with Crippen molar-refractivity contribution in [1.29, 1.82) is 0 Å². The Labute approximate surface area is 114 Å². The molecule has 0 spiro atoms. The molecule has 0 aliphatic carbocycles. The number of benzene rings is 1. The molecule has 0 saturated heterocycles. The number of nitrogens with zero attached hydrogens (tertiary/aromatic N) is 1. The van der Waals surface area contributed by atoms with Crippen LogP contribution in [0.3, 0.4) is 0 Å². The van der Waals surface area contributed by atoms with E-state index in [9.17, 15) is 0 Å². The standard InChI is InChI=1S/C12H12Cl2N2S/c1-7-16-9(6-17-7)5-12(15)10-4-8(13)2-3-11(10)14/h2-4,6,12H,5,15H2,1H3. The maximum atomic E-state index is 6.13. The van der Waals surface area contributed by atoms with E-state index in [2.05, 4.69) is 4.98 Å². The Balaban J connectivity index is 2.19. The summed E-state index contributed by atoms with van der Waals surface area (Å²) in [5.41, 5.74) is 7.99. The Hall–Kier alpha value is -0.610. The molecule has 0 amide bonds. The summed E-state index contributed by atoms with van der Waals surface area (Å²) in [5.74, 6) is 0. The van der Waals surface area contributed by atoms with Gasteiger partial charge in [0.1, 0.15) is 0 Å². The quantitative estimate of drug-likeness (QED) is 0.926. The topological polar surface area (TPSA) is 38.9 Å². The third-order valence-corrected chi connectivity index (χ3v) is 3.85. The van der Waals surface area contributed by atoms with E-state index in [1.54, 1.807) is 23.5 Å². The van der Waals surface area contributed by atoms with Crippen LogP contribution in [0.4, 0.5) is 0 Å². The van der Waals surface area contributed by atoms with Gasteiger partial charge in [0, 0.05) is 27.9 Å². The molecule has 0 saturated carbocycles. The fraction of sp³-hybridized carbons (Fsp3) is 0.250. The molecule has 1 heterocycles. The molecule has 1 aromatic carbocycles. The largest absolute Gasteiger partial charge is 0.324 e. The van der Waals surface area contributed by atoms with Crippen LogP contribution < -0.4 is 5.73 Å². The lowest BCUT2D eigenvalue weighted by Gasteiger charge is -2.12. The van der Waals surface area contributed by atoms with Gasteiger partial charge in [0.05, 0.1) is 10.7 Å². The minimum Gasteiger partial charge on any atom is -0.324 e. The van der Waals surface area contributed by atoms with Gasteiger partial charge >= 0.3 is 0 Å². The summed E-state index contributed by atoms with van der Waals surface area (Å²) in [4.78, 5) is 4.39. The molecule has 0 aliphatic rings. The van der Waals surface area contributed by atoms with Crippen molar-refractivity contribution in [3.63, 3.8) is 0 Å². The number of hydrogen-bond acceptors (Lipinski definition) is 3. The fourth-order valence-corrected chi connectivity index (χ4v) is 2.70. The minimum atomic E-state index is -0.178. The fourth-order valence-electron chi connectivity index (χ4n) is 1.64. The lowest BCUT2D eigenvalue weighted by atomic mass is 10.0. The van der Waals surface area contributed by atoms with Gasteiger partial charge in [-0.3, -0.25) is 0 Å². The highest BCUT2D eigenvalue weighted by Crippen LogP contribution is 2.27. The second-order valence-corrected chi connectivity index (χ2v) is 5.74. The Morgan fingerprint density at radius 3 is 2.82 bits per heavy atom. The highest BCUT2D eigenvalue weighted by atomic mass is 35.5. The van der Waals surface area contributed by atoms with Crippen LogP contribution in [0.2, 0.25) is 10.0 Å². The summed E-state index contributed by atoms with van der Waals surface area (Å²) < 4.78 is 0. The van der Waals surface area contributed by atoms with E-state index in [4.69, 9.17) is 28.9 Å². The van der Waals surface area contributed by atoms with Gasteiger partial charge in [-0.05, 0) is 30.7 Å². The number of nitrogens with two attached hydrogens (primary N) is 1. The molecule has 2 rings (SSSR count). The first-order valence-electron chi connectivity index (χ1n) is 5.18. The zero-order valence-corrected chi connectivity index (χ0v) is 11.6. The predicted octanol–water partition coefficient (Wildman–Crippen LogP) is 4.00. The van der Waals surface area contributed by atoms with E-state index in [0.29, 0.717) is 16.5 Å². The van der Waals surface area contributed by atoms with Gasteiger partial charge in [0.2, 0.25) is 0 Å². The molecule has 90 valence electrons. The van der Waals surface area contributed by atoms with Crippen LogP contribution in [0.1, 0.15) is 22.3 Å². The smallest absolute Gasteiger partial charge is 0.0897 e. The Bertz CT molecular complexity index is 525. The Kier molecular flexibility index (Phi) is 4.05. The van der Waals surface area contributed by atoms with E-state index < -0.39 is 0 Å². The van der Waals surface area contributed by atoms with Gasteiger partial charge in [-0.25, -0.2) is 4.98 Å². The lowest BCUT2D eigenvalue weighted by molar-refractivity contribution is 0.709. The third-order valence-electron chi connectivity index (χ3n) is 2.45. The van der Waals surface area contributed by atoms with Crippen LogP contribution in [0.5, 0.6) is 0 Å². The van der Waals surface area contributed by atoms with Crippen LogP contribution >= 0.6 is 34.5 Å². The van der Waals surface area contributed by atoms with Crippen LogP contribution in [0, 0.1) is 6.92 Å². The first-order chi connectivity index (χ1) is 8.06. The molecule has 0 aliphatic heterocycles. The SMILES string of the molecule is Cc1nc(CC(N)c2cc(Cl)ccc2Cl)cs1. The van der Waals surface area contributed by atoms with Crippen LogP contribution in [0.25, 0.3) is 0 Å². The molecule has 0 radical (unpaired) electrons. The molecule has 2 aromatic rings. The number of thiazole rings is 1. The third kappa shape index (κ3) is 3.19. The van der Waals surface area contributed by atoms with Crippen molar-refractivity contribution in [2.45, 2.75) is 19.4 Å². The molecule has 17 heavy (non-hydrogen) atoms. The summed E-state index contributed by atoms with van der Waals surface area (Å²) in [6.45, 7) is 1.98. The van der Waals surface area contributed by atoms with E-state index >= 15 is 0 Å². The molecule has 1 unspecified atom stereocenters. The summed E-state index contributed by atoms with van der Waals surface area (Å²) in [5, 5.41) is 4.36. The van der Waals surface area contributed by atoms with Gasteiger partial charge in [0.15, 0.2) is 0 Å². The summed E-state index contributed by atoms with van der Waals surface area (Å²) in [6, 6.07) is 5.16. The van der Waals surface area contributed by atoms with Crippen molar-refractivity contribution >= 4 is 34.5 Å². The maximum absolute atomic E-state index is 6.13. The maximum Gasteiger partial charge on any atom is 0.0897 e. The summed E-state index contributed by atoms with van der Waals surface area (Å²) in [6.07, 6.45) is 0.671. The van der Waals surface area contributed by atoms with Gasteiger partial charge in [-0.15, -0.1) is 11.3 Å². The van der Waals surface area contributed by atoms with Crippen molar-refractivity contribution in [3.05, 3.63) is 49.9 Å². The van der Waals surface area contributed by atoms with Crippen molar-refractivity contribution in [3.8, 4) is 0 Å². The Morgan fingerprint density at radius 2 is 2.18 bits per heavy atom. The summed E-state index contributed by atoms with van der Waals surface area (Å²) >= 11 is 13.7. The molecule has 2 N–H and O–H groups in total. The lowest BCUT2D eigenvalue weighted by Crippen LogP contribution is -2.14. The zero-order valence-electron chi connectivity index (χ0n) is 9.28. The van der Waals surface area contributed by atoms with Crippen molar-refractivity contribution < 1.29 is 0 Å². The highest BCUT2D eigenvalue weighted by Gasteiger charge is 2.13. The molecular weight excluding hydrogens is 275 g/mol. The number of rotatable bonds is 3. The van der Waals surface area contributed by atoms with Gasteiger partial charge in [-0.2, -0.15) is 0 Å². The molecule has 0 bridgehead atoms. The van der Waals surface area contributed by atoms with E-state index in [-0.39, 0.29) is 6.04 Å². The van der Waals surface area contributed by atoms with Gasteiger partial charge in [0.25, 0.3) is 0 Å². The van der Waals surface area contributed by atoms with Crippen molar-refractivity contribution in [2.24, 2.45) is 5.73 Å². The second-order valence-electron chi connectivity index (χ2n) is 3.83. The van der Waals surface area contributed by atoms with E-state index in [1.165, 1.54) is 0 Å². The molecule has 2 nitrogen and oxygen atoms in total. The van der Waals surface area contributed by atoms with E-state index in [0.717, 1.165) is 16.3 Å². The molecular formula is C12H12Cl2N2S. The first-order valence-corrected chi connectivity index (χ1v) is 6.81. The number of halogens is 2. The zero-order chi connectivity index (χ0) is 12.4. The average molecular weight is 287 g/mol. The normalized spacial score (nSPS) is 12.7. The molecule has 1 aromatic heterocycles. The number of aromatic nitrogens is 1. The predicted molar refractivity (Wildman–Crippen MR) is 73.9 cm³/mol. The van der Waals surface area contributed by atoms with Crippen LogP contribution in [-0.2, 0) is 6.42 Å². The van der Waals surface area contributed by atoms with Crippen molar-refractivity contribution in [1.82, 2.24) is 4.98 Å². The van der Waals surface area contributed by atoms with Gasteiger partial charge in [-0.1, -0.05) is 23.2 Å². The Morgan fingerprint density at radius 1 is 1.41 bits per heavy atom. The second kappa shape index (κ2) is 5.36. The molecule has 1 atom stereocenters. The molecule has 0 fully saturated rings. The number of hydrogen-bond donors (Lipinski definition) is 1. The van der Waals surface area contributed by atoms with Gasteiger partial charge < -0.3 is 5.73 Å². The number of aryl methyl sites for hydroxylation is 1.